The molecule has 0 aromatic heterocycles. The normalized spacial score (nSPS) is 14.1. The first kappa shape index (κ1) is 18.9. The Balaban J connectivity index is 3.01. The zero-order chi connectivity index (χ0) is 17.1. The molecule has 0 radical (unpaired) electrons. The molecule has 1 aromatic carbocycles. The van der Waals surface area contributed by atoms with Gasteiger partial charge in [0.25, 0.3) is 0 Å². The number of rotatable bonds is 4. The molecule has 122 valence electrons. The molecule has 0 bridgehead atoms. The molecule has 0 unspecified atom stereocenters. The van der Waals surface area contributed by atoms with Gasteiger partial charge >= 0.3 is 12.1 Å². The Morgan fingerprint density at radius 1 is 1.18 bits per heavy atom. The van der Waals surface area contributed by atoms with Crippen molar-refractivity contribution < 1.29 is 19.4 Å². The SMILES string of the molecule is Cc1cc(C)cc([C@](C)(NC(=O)OCC(Cl)(Cl)Cl)C(=O)O)c1. The highest BCUT2D eigenvalue weighted by atomic mass is 35.6. The summed E-state index contributed by atoms with van der Waals surface area (Å²) in [6.07, 6.45) is -0.990. The van der Waals surface area contributed by atoms with E-state index >= 15 is 0 Å². The number of aryl methyl sites for hydroxylation is 2. The Bertz CT molecular complexity index is 566. The number of carbonyl (C=O) groups is 2. The largest absolute Gasteiger partial charge is 0.479 e. The smallest absolute Gasteiger partial charge is 0.408 e. The van der Waals surface area contributed by atoms with Gasteiger partial charge in [0.1, 0.15) is 6.61 Å². The summed E-state index contributed by atoms with van der Waals surface area (Å²) in [4.78, 5) is 23.4. The summed E-state index contributed by atoms with van der Waals surface area (Å²) in [7, 11) is 0. The van der Waals surface area contributed by atoms with Crippen LogP contribution in [0.2, 0.25) is 0 Å². The number of amides is 1. The van der Waals surface area contributed by atoms with E-state index in [1.165, 1.54) is 6.92 Å². The fraction of sp³-hybridized carbons (Fsp3) is 0.429. The number of carboxylic acids is 1. The van der Waals surface area contributed by atoms with Crippen LogP contribution in [0.1, 0.15) is 23.6 Å². The highest BCUT2D eigenvalue weighted by Gasteiger charge is 2.38. The van der Waals surface area contributed by atoms with Crippen molar-refractivity contribution in [2.75, 3.05) is 6.61 Å². The van der Waals surface area contributed by atoms with Crippen molar-refractivity contribution in [3.8, 4) is 0 Å². The van der Waals surface area contributed by atoms with Crippen LogP contribution in [-0.2, 0) is 15.1 Å². The average molecular weight is 369 g/mol. The van der Waals surface area contributed by atoms with E-state index in [9.17, 15) is 14.7 Å². The molecule has 1 atom stereocenters. The molecule has 0 aliphatic carbocycles. The molecule has 22 heavy (non-hydrogen) atoms. The summed E-state index contributed by atoms with van der Waals surface area (Å²) in [6, 6.07) is 5.25. The maximum atomic E-state index is 11.8. The summed E-state index contributed by atoms with van der Waals surface area (Å²) in [6.45, 7) is 4.53. The zero-order valence-corrected chi connectivity index (χ0v) is 14.5. The van der Waals surface area contributed by atoms with Gasteiger partial charge in [-0.05, 0) is 26.3 Å². The standard InChI is InChI=1S/C14H16Cl3NO4/c1-8-4-9(2)6-10(5-8)13(3,11(19)20)18-12(21)22-7-14(15,16)17/h4-6H,7H2,1-3H3,(H,18,21)(H,19,20)/t13-/m0/s1. The average Bonchev–Trinajstić information content (AvgIpc) is 2.34. The lowest BCUT2D eigenvalue weighted by molar-refractivity contribution is -0.144. The molecule has 2 N–H and O–H groups in total. The van der Waals surface area contributed by atoms with Gasteiger partial charge in [0.05, 0.1) is 0 Å². The van der Waals surface area contributed by atoms with Gasteiger partial charge in [-0.3, -0.25) is 0 Å². The van der Waals surface area contributed by atoms with E-state index in [-0.39, 0.29) is 0 Å². The molecule has 1 aromatic rings. The lowest BCUT2D eigenvalue weighted by atomic mass is 9.90. The van der Waals surface area contributed by atoms with Crippen LogP contribution in [-0.4, -0.2) is 27.6 Å². The van der Waals surface area contributed by atoms with Crippen LogP contribution in [0.5, 0.6) is 0 Å². The second kappa shape index (κ2) is 6.94. The van der Waals surface area contributed by atoms with Crippen LogP contribution in [0.15, 0.2) is 18.2 Å². The number of halogens is 3. The first-order valence-electron chi connectivity index (χ1n) is 6.28. The molecule has 0 fully saturated rings. The predicted molar refractivity (Wildman–Crippen MR) is 85.7 cm³/mol. The highest BCUT2D eigenvalue weighted by Crippen LogP contribution is 2.27. The van der Waals surface area contributed by atoms with E-state index in [4.69, 9.17) is 39.5 Å². The second-order valence-electron chi connectivity index (χ2n) is 5.12. The highest BCUT2D eigenvalue weighted by molar-refractivity contribution is 6.67. The van der Waals surface area contributed by atoms with Gasteiger partial charge in [-0.2, -0.15) is 0 Å². The first-order valence-corrected chi connectivity index (χ1v) is 7.41. The molecule has 0 aliphatic rings. The summed E-state index contributed by atoms with van der Waals surface area (Å²) >= 11 is 16.4. The molecule has 0 aliphatic heterocycles. The summed E-state index contributed by atoms with van der Waals surface area (Å²) in [5, 5.41) is 11.8. The molecule has 0 saturated heterocycles. The van der Waals surface area contributed by atoms with E-state index in [1.54, 1.807) is 12.1 Å². The van der Waals surface area contributed by atoms with Crippen LogP contribution >= 0.6 is 34.8 Å². The van der Waals surface area contributed by atoms with Crippen molar-refractivity contribution in [2.45, 2.75) is 30.1 Å². The van der Waals surface area contributed by atoms with E-state index in [0.717, 1.165) is 11.1 Å². The molecule has 0 heterocycles. The number of nitrogens with one attached hydrogen (secondary N) is 1. The first-order chi connectivity index (χ1) is 9.94. The number of alkyl carbamates (subject to hydrolysis) is 1. The quantitative estimate of drug-likeness (QED) is 0.795. The van der Waals surface area contributed by atoms with Gasteiger partial charge in [0.15, 0.2) is 5.54 Å². The third kappa shape index (κ3) is 5.23. The lowest BCUT2D eigenvalue weighted by Gasteiger charge is -2.27. The van der Waals surface area contributed by atoms with Crippen LogP contribution in [0.25, 0.3) is 0 Å². The Morgan fingerprint density at radius 3 is 2.09 bits per heavy atom. The van der Waals surface area contributed by atoms with Gasteiger partial charge in [0.2, 0.25) is 3.79 Å². The second-order valence-corrected chi connectivity index (χ2v) is 7.64. The van der Waals surface area contributed by atoms with Gasteiger partial charge in [-0.1, -0.05) is 64.1 Å². The molecule has 0 saturated carbocycles. The third-order valence-corrected chi connectivity index (χ3v) is 3.27. The fourth-order valence-corrected chi connectivity index (χ4v) is 2.06. The molecule has 5 nitrogen and oxygen atoms in total. The number of aliphatic carboxylic acids is 1. The van der Waals surface area contributed by atoms with Crippen molar-refractivity contribution >= 4 is 46.9 Å². The number of ether oxygens (including phenoxy) is 1. The summed E-state index contributed by atoms with van der Waals surface area (Å²) in [5.74, 6) is -1.23. The van der Waals surface area contributed by atoms with Crippen LogP contribution in [0, 0.1) is 13.8 Å². The number of benzene rings is 1. The van der Waals surface area contributed by atoms with Crippen molar-refractivity contribution in [1.29, 1.82) is 0 Å². The lowest BCUT2D eigenvalue weighted by Crippen LogP contribution is -2.50. The summed E-state index contributed by atoms with van der Waals surface area (Å²) in [5.41, 5.74) is 0.503. The Hall–Kier alpha value is -1.17. The Morgan fingerprint density at radius 2 is 1.68 bits per heavy atom. The minimum atomic E-state index is -1.77. The topological polar surface area (TPSA) is 75.6 Å². The van der Waals surface area contributed by atoms with Gasteiger partial charge in [-0.25, -0.2) is 9.59 Å². The van der Waals surface area contributed by atoms with Crippen LogP contribution < -0.4 is 5.32 Å². The Kier molecular flexibility index (Phi) is 5.96. The predicted octanol–water partition coefficient (Wildman–Crippen LogP) is 3.70. The number of carbonyl (C=O) groups excluding carboxylic acids is 1. The molecular weight excluding hydrogens is 353 g/mol. The molecular formula is C14H16Cl3NO4. The molecule has 1 rings (SSSR count). The number of carboxylic acid groups (broad SMARTS) is 1. The van der Waals surface area contributed by atoms with Crippen molar-refractivity contribution in [2.24, 2.45) is 0 Å². The van der Waals surface area contributed by atoms with E-state index in [0.29, 0.717) is 5.56 Å². The fourth-order valence-electron chi connectivity index (χ4n) is 1.90. The summed E-state index contributed by atoms with van der Waals surface area (Å²) < 4.78 is 2.96. The molecule has 8 heteroatoms. The minimum absolute atomic E-state index is 0.420. The number of alkyl halides is 3. The van der Waals surface area contributed by atoms with Gasteiger partial charge in [-0.15, -0.1) is 0 Å². The van der Waals surface area contributed by atoms with Gasteiger partial charge in [0, 0.05) is 0 Å². The van der Waals surface area contributed by atoms with Crippen molar-refractivity contribution in [3.05, 3.63) is 34.9 Å². The van der Waals surface area contributed by atoms with E-state index < -0.39 is 28.0 Å². The minimum Gasteiger partial charge on any atom is -0.479 e. The van der Waals surface area contributed by atoms with Crippen LogP contribution in [0.3, 0.4) is 0 Å². The molecule has 1 amide bonds. The monoisotopic (exact) mass is 367 g/mol. The van der Waals surface area contributed by atoms with Gasteiger partial charge < -0.3 is 15.2 Å². The van der Waals surface area contributed by atoms with Crippen molar-refractivity contribution in [3.63, 3.8) is 0 Å². The van der Waals surface area contributed by atoms with E-state index in [1.807, 2.05) is 19.9 Å². The third-order valence-electron chi connectivity index (χ3n) is 2.95. The van der Waals surface area contributed by atoms with Crippen LogP contribution in [0.4, 0.5) is 4.79 Å². The van der Waals surface area contributed by atoms with E-state index in [2.05, 4.69) is 5.32 Å². The number of hydrogen-bond donors (Lipinski definition) is 2. The molecule has 0 spiro atoms. The number of hydrogen-bond acceptors (Lipinski definition) is 3. The maximum absolute atomic E-state index is 11.8. The maximum Gasteiger partial charge on any atom is 0.408 e. The van der Waals surface area contributed by atoms with Crippen molar-refractivity contribution in [1.82, 2.24) is 5.32 Å². The zero-order valence-electron chi connectivity index (χ0n) is 12.2. The Labute approximate surface area is 143 Å².